The Kier molecular flexibility index (Phi) is 4.13. The third-order valence-electron chi connectivity index (χ3n) is 5.00. The summed E-state index contributed by atoms with van der Waals surface area (Å²) in [6.07, 6.45) is 2.32. The van der Waals surface area contributed by atoms with E-state index in [9.17, 15) is 4.79 Å². The monoisotopic (exact) mass is 337 g/mol. The summed E-state index contributed by atoms with van der Waals surface area (Å²) in [7, 11) is 0. The number of likely N-dealkylation sites (tertiary alicyclic amines) is 1. The largest absolute Gasteiger partial charge is 0.309 e. The number of nitrogens with zero attached hydrogens (tertiary/aromatic N) is 4. The number of fused-ring (bicyclic) bond motifs is 1. The molecule has 4 rings (SSSR count). The van der Waals surface area contributed by atoms with Gasteiger partial charge in [-0.05, 0) is 51.4 Å². The van der Waals surface area contributed by atoms with Gasteiger partial charge in [0, 0.05) is 11.7 Å². The van der Waals surface area contributed by atoms with Gasteiger partial charge in [0.2, 0.25) is 0 Å². The summed E-state index contributed by atoms with van der Waals surface area (Å²) in [6, 6.07) is 10.0. The zero-order valence-electron chi connectivity index (χ0n) is 14.7. The van der Waals surface area contributed by atoms with Crippen LogP contribution < -0.4 is 5.56 Å². The Hall–Kier alpha value is -2.47. The molecule has 0 unspecified atom stereocenters. The fraction of sp³-hybridized carbons (Fsp3) is 0.421. The van der Waals surface area contributed by atoms with E-state index in [-0.39, 0.29) is 5.56 Å². The second-order valence-electron chi connectivity index (χ2n) is 6.91. The molecule has 0 amide bonds. The van der Waals surface area contributed by atoms with Crippen molar-refractivity contribution in [2.24, 2.45) is 0 Å². The topological polar surface area (TPSA) is 66.8 Å². The first-order valence-electron chi connectivity index (χ1n) is 8.83. The van der Waals surface area contributed by atoms with Gasteiger partial charge in [-0.1, -0.05) is 12.1 Å². The predicted molar refractivity (Wildman–Crippen MR) is 97.5 cm³/mol. The van der Waals surface area contributed by atoms with Crippen LogP contribution in [0.4, 0.5) is 0 Å². The lowest BCUT2D eigenvalue weighted by Crippen LogP contribution is -2.34. The van der Waals surface area contributed by atoms with Crippen LogP contribution in [0.1, 0.15) is 30.1 Å². The number of para-hydroxylation sites is 1. The Balaban J connectivity index is 1.55. The molecule has 25 heavy (non-hydrogen) atoms. The van der Waals surface area contributed by atoms with Crippen molar-refractivity contribution in [1.82, 2.24) is 24.6 Å². The fourth-order valence-corrected chi connectivity index (χ4v) is 3.77. The van der Waals surface area contributed by atoms with E-state index in [4.69, 9.17) is 0 Å². The van der Waals surface area contributed by atoms with Crippen LogP contribution in [0, 0.1) is 13.8 Å². The van der Waals surface area contributed by atoms with Gasteiger partial charge in [0.15, 0.2) is 0 Å². The van der Waals surface area contributed by atoms with Crippen LogP contribution in [0.5, 0.6) is 0 Å². The van der Waals surface area contributed by atoms with Crippen LogP contribution in [0.2, 0.25) is 0 Å². The zero-order chi connectivity index (χ0) is 17.4. The van der Waals surface area contributed by atoms with E-state index in [1.54, 1.807) is 0 Å². The SMILES string of the molecule is Cc1cc(C)n(C[C@H]2CCCN2Cc2nc3ccccc3c(=O)[nH]2)n1. The van der Waals surface area contributed by atoms with Gasteiger partial charge in [-0.3, -0.25) is 14.4 Å². The molecule has 1 N–H and O–H groups in total. The Morgan fingerprint density at radius 1 is 1.28 bits per heavy atom. The van der Waals surface area contributed by atoms with Gasteiger partial charge in [-0.15, -0.1) is 0 Å². The van der Waals surface area contributed by atoms with Crippen LogP contribution in [-0.2, 0) is 13.1 Å². The van der Waals surface area contributed by atoms with Gasteiger partial charge in [-0.25, -0.2) is 4.98 Å². The summed E-state index contributed by atoms with van der Waals surface area (Å²) < 4.78 is 2.09. The first-order chi connectivity index (χ1) is 12.1. The van der Waals surface area contributed by atoms with Crippen LogP contribution in [-0.4, -0.2) is 37.2 Å². The second kappa shape index (κ2) is 6.44. The Labute approximate surface area is 146 Å². The van der Waals surface area contributed by atoms with E-state index in [1.165, 1.54) is 12.1 Å². The summed E-state index contributed by atoms with van der Waals surface area (Å²) in [5, 5.41) is 5.23. The van der Waals surface area contributed by atoms with Crippen LogP contribution in [0.3, 0.4) is 0 Å². The molecule has 0 aliphatic carbocycles. The van der Waals surface area contributed by atoms with Crippen LogP contribution >= 0.6 is 0 Å². The van der Waals surface area contributed by atoms with Gasteiger partial charge in [0.25, 0.3) is 5.56 Å². The maximum atomic E-state index is 12.3. The van der Waals surface area contributed by atoms with Crippen molar-refractivity contribution in [2.45, 2.75) is 45.8 Å². The number of nitrogens with one attached hydrogen (secondary N) is 1. The molecule has 130 valence electrons. The van der Waals surface area contributed by atoms with Gasteiger partial charge >= 0.3 is 0 Å². The molecule has 1 aliphatic heterocycles. The van der Waals surface area contributed by atoms with Crippen molar-refractivity contribution < 1.29 is 0 Å². The molecule has 1 atom stereocenters. The quantitative estimate of drug-likeness (QED) is 0.794. The lowest BCUT2D eigenvalue weighted by Gasteiger charge is -2.24. The Morgan fingerprint density at radius 3 is 2.92 bits per heavy atom. The van der Waals surface area contributed by atoms with Crippen LogP contribution in [0.15, 0.2) is 35.1 Å². The molecule has 3 aromatic rings. The third-order valence-corrected chi connectivity index (χ3v) is 5.00. The molecule has 1 fully saturated rings. The number of benzene rings is 1. The van der Waals surface area contributed by atoms with Gasteiger partial charge in [0.05, 0.1) is 29.7 Å². The normalized spacial score (nSPS) is 18.2. The third kappa shape index (κ3) is 3.22. The highest BCUT2D eigenvalue weighted by atomic mass is 16.1. The maximum absolute atomic E-state index is 12.3. The van der Waals surface area contributed by atoms with Crippen LogP contribution in [0.25, 0.3) is 10.9 Å². The van der Waals surface area contributed by atoms with E-state index >= 15 is 0 Å². The lowest BCUT2D eigenvalue weighted by molar-refractivity contribution is 0.213. The zero-order valence-corrected chi connectivity index (χ0v) is 14.7. The molecule has 2 aromatic heterocycles. The molecule has 3 heterocycles. The highest BCUT2D eigenvalue weighted by Crippen LogP contribution is 2.21. The minimum atomic E-state index is -0.0603. The first kappa shape index (κ1) is 16.0. The fourth-order valence-electron chi connectivity index (χ4n) is 3.77. The maximum Gasteiger partial charge on any atom is 0.258 e. The number of aromatic amines is 1. The Morgan fingerprint density at radius 2 is 2.12 bits per heavy atom. The van der Waals surface area contributed by atoms with Crippen molar-refractivity contribution >= 4 is 10.9 Å². The first-order valence-corrected chi connectivity index (χ1v) is 8.83. The summed E-state index contributed by atoms with van der Waals surface area (Å²) >= 11 is 0. The van der Waals surface area contributed by atoms with E-state index in [0.717, 1.165) is 36.5 Å². The highest BCUT2D eigenvalue weighted by molar-refractivity contribution is 5.77. The predicted octanol–water partition coefficient (Wildman–Crippen LogP) is 2.40. The smallest absolute Gasteiger partial charge is 0.258 e. The highest BCUT2D eigenvalue weighted by Gasteiger charge is 2.26. The number of hydrogen-bond donors (Lipinski definition) is 1. The average molecular weight is 337 g/mol. The minimum Gasteiger partial charge on any atom is -0.309 e. The average Bonchev–Trinajstić information content (AvgIpc) is 3.14. The number of hydrogen-bond acceptors (Lipinski definition) is 4. The van der Waals surface area contributed by atoms with E-state index in [0.29, 0.717) is 18.0 Å². The minimum absolute atomic E-state index is 0.0603. The van der Waals surface area contributed by atoms with Gasteiger partial charge < -0.3 is 4.98 Å². The van der Waals surface area contributed by atoms with E-state index in [1.807, 2.05) is 31.2 Å². The number of H-pyrrole nitrogens is 1. The lowest BCUT2D eigenvalue weighted by atomic mass is 10.2. The van der Waals surface area contributed by atoms with E-state index in [2.05, 4.69) is 37.6 Å². The molecule has 0 radical (unpaired) electrons. The number of aromatic nitrogens is 4. The summed E-state index contributed by atoms with van der Waals surface area (Å²) in [5.41, 5.74) is 2.95. The standard InChI is InChI=1S/C19H23N5O/c1-13-10-14(2)24(22-13)11-15-6-5-9-23(15)12-18-20-17-8-4-3-7-16(17)19(25)21-18/h3-4,7-8,10,15H,5-6,9,11-12H2,1-2H3,(H,20,21,25)/t15-/m1/s1. The summed E-state index contributed by atoms with van der Waals surface area (Å²) in [6.45, 7) is 6.71. The number of aryl methyl sites for hydroxylation is 2. The molecule has 1 aliphatic rings. The molecule has 1 saturated heterocycles. The van der Waals surface area contributed by atoms with Crippen molar-refractivity contribution in [3.8, 4) is 0 Å². The number of rotatable bonds is 4. The summed E-state index contributed by atoms with van der Waals surface area (Å²) in [5.74, 6) is 0.740. The molecule has 0 spiro atoms. The van der Waals surface area contributed by atoms with Gasteiger partial charge in [-0.2, -0.15) is 5.10 Å². The molecule has 0 saturated carbocycles. The van der Waals surface area contributed by atoms with Gasteiger partial charge in [0.1, 0.15) is 5.82 Å². The van der Waals surface area contributed by atoms with E-state index < -0.39 is 0 Å². The molecule has 6 nitrogen and oxygen atoms in total. The van der Waals surface area contributed by atoms with Crippen molar-refractivity contribution in [1.29, 1.82) is 0 Å². The molecule has 6 heteroatoms. The molecular weight excluding hydrogens is 314 g/mol. The summed E-state index contributed by atoms with van der Waals surface area (Å²) in [4.78, 5) is 22.3. The second-order valence-corrected chi connectivity index (χ2v) is 6.91. The molecule has 1 aromatic carbocycles. The molecule has 0 bridgehead atoms. The van der Waals surface area contributed by atoms with Crippen molar-refractivity contribution in [2.75, 3.05) is 6.54 Å². The molecular formula is C19H23N5O. The van der Waals surface area contributed by atoms with Crippen molar-refractivity contribution in [3.05, 3.63) is 57.9 Å². The van der Waals surface area contributed by atoms with Crippen molar-refractivity contribution in [3.63, 3.8) is 0 Å². The Bertz CT molecular complexity index is 958.